The van der Waals surface area contributed by atoms with Crippen LogP contribution in [0.2, 0.25) is 0 Å². The summed E-state index contributed by atoms with van der Waals surface area (Å²) in [5, 5.41) is 0.901. The molecule has 1 aromatic carbocycles. The average Bonchev–Trinajstić information content (AvgIpc) is 3.44. The minimum atomic E-state index is -0.262. The van der Waals surface area contributed by atoms with Gasteiger partial charge in [-0.1, -0.05) is 18.2 Å². The predicted octanol–water partition coefficient (Wildman–Crippen LogP) is 2.39. The summed E-state index contributed by atoms with van der Waals surface area (Å²) in [5.74, 6) is 0.522. The number of hydrogen-bond donors (Lipinski definition) is 0. The van der Waals surface area contributed by atoms with Crippen molar-refractivity contribution in [2.24, 2.45) is 0 Å². The van der Waals surface area contributed by atoms with Crippen molar-refractivity contribution in [3.05, 3.63) is 41.6 Å². The number of nitrogens with zero attached hydrogens (tertiary/aromatic N) is 3. The molecule has 0 N–H and O–H groups in total. The third-order valence-corrected chi connectivity index (χ3v) is 5.37. The normalized spacial score (nSPS) is 22.9. The highest BCUT2D eigenvalue weighted by Crippen LogP contribution is 2.40. The zero-order valence-electron chi connectivity index (χ0n) is 13.9. The van der Waals surface area contributed by atoms with Gasteiger partial charge in [-0.25, -0.2) is 4.79 Å². The summed E-state index contributed by atoms with van der Waals surface area (Å²) in [6.07, 6.45) is 2.04. The number of aromatic nitrogens is 1. The van der Waals surface area contributed by atoms with Crippen molar-refractivity contribution in [2.75, 3.05) is 26.2 Å². The minimum Gasteiger partial charge on any atom is -0.447 e. The smallest absolute Gasteiger partial charge is 0.410 e. The molecule has 1 atom stereocenters. The molecule has 5 rings (SSSR count). The van der Waals surface area contributed by atoms with Crippen LogP contribution in [0.5, 0.6) is 0 Å². The molecule has 3 aliphatic rings. The summed E-state index contributed by atoms with van der Waals surface area (Å²) < 4.78 is 5.10. The molecule has 2 amide bonds. The highest BCUT2D eigenvalue weighted by Gasteiger charge is 2.39. The third-order valence-electron chi connectivity index (χ3n) is 5.37. The molecular formula is C19H19N3O3. The fraction of sp³-hybridized carbons (Fsp3) is 0.421. The van der Waals surface area contributed by atoms with Crippen LogP contribution in [0.15, 0.2) is 30.3 Å². The number of carbonyl (C=O) groups excluding carboxylic acids is 2. The van der Waals surface area contributed by atoms with Crippen LogP contribution in [0.3, 0.4) is 0 Å². The number of ether oxygens (including phenoxy) is 1. The maximum atomic E-state index is 13.2. The first-order valence-electron chi connectivity index (χ1n) is 8.83. The maximum absolute atomic E-state index is 13.2. The number of rotatable bonds is 2. The molecule has 6 nitrogen and oxygen atoms in total. The van der Waals surface area contributed by atoms with Crippen LogP contribution in [-0.2, 0) is 4.74 Å². The monoisotopic (exact) mass is 337 g/mol. The molecule has 1 saturated carbocycles. The van der Waals surface area contributed by atoms with Gasteiger partial charge in [0.05, 0.1) is 17.1 Å². The molecule has 3 fully saturated rings. The molecular weight excluding hydrogens is 318 g/mol. The fourth-order valence-corrected chi connectivity index (χ4v) is 3.80. The van der Waals surface area contributed by atoms with Crippen molar-refractivity contribution < 1.29 is 14.3 Å². The number of cyclic esters (lactones) is 1. The second kappa shape index (κ2) is 5.44. The van der Waals surface area contributed by atoms with Gasteiger partial charge in [0.1, 0.15) is 6.61 Å². The van der Waals surface area contributed by atoms with Crippen LogP contribution in [-0.4, -0.2) is 59.1 Å². The van der Waals surface area contributed by atoms with Crippen LogP contribution in [0, 0.1) is 0 Å². The predicted molar refractivity (Wildman–Crippen MR) is 91.5 cm³/mol. The molecule has 2 aromatic rings. The van der Waals surface area contributed by atoms with E-state index in [1.165, 1.54) is 0 Å². The van der Waals surface area contributed by atoms with Gasteiger partial charge in [0.2, 0.25) is 0 Å². The summed E-state index contributed by atoms with van der Waals surface area (Å²) in [6.45, 7) is 1.97. The van der Waals surface area contributed by atoms with Gasteiger partial charge in [0.15, 0.2) is 0 Å². The second-order valence-corrected chi connectivity index (χ2v) is 7.06. The van der Waals surface area contributed by atoms with Gasteiger partial charge in [-0.05, 0) is 25.0 Å². The SMILES string of the molecule is O=C(c1cc(C2CC2)nc2ccccc12)N1CCN2C(=O)OCC2C1. The Morgan fingerprint density at radius 1 is 1.20 bits per heavy atom. The minimum absolute atomic E-state index is 0.0267. The van der Waals surface area contributed by atoms with Gasteiger partial charge in [-0.3, -0.25) is 14.7 Å². The number of carbonyl (C=O) groups is 2. The summed E-state index contributed by atoms with van der Waals surface area (Å²) >= 11 is 0. The lowest BCUT2D eigenvalue weighted by molar-refractivity contribution is 0.0618. The van der Waals surface area contributed by atoms with Crippen molar-refractivity contribution in [2.45, 2.75) is 24.8 Å². The Hall–Kier alpha value is -2.63. The van der Waals surface area contributed by atoms with Gasteiger partial charge in [0.25, 0.3) is 5.91 Å². The Labute approximate surface area is 145 Å². The van der Waals surface area contributed by atoms with Crippen LogP contribution in [0.4, 0.5) is 4.79 Å². The number of hydrogen-bond acceptors (Lipinski definition) is 4. The van der Waals surface area contributed by atoms with Crippen LogP contribution in [0.25, 0.3) is 10.9 Å². The molecule has 2 aliphatic heterocycles. The van der Waals surface area contributed by atoms with Crippen molar-refractivity contribution >= 4 is 22.9 Å². The summed E-state index contributed by atoms with van der Waals surface area (Å²) in [6, 6.07) is 9.79. The molecule has 2 saturated heterocycles. The molecule has 128 valence electrons. The highest BCUT2D eigenvalue weighted by atomic mass is 16.6. The summed E-state index contributed by atoms with van der Waals surface area (Å²) in [7, 11) is 0. The van der Waals surface area contributed by atoms with E-state index in [1.54, 1.807) is 4.90 Å². The number of amides is 2. The topological polar surface area (TPSA) is 62.7 Å². The Kier molecular flexibility index (Phi) is 3.20. The van der Waals surface area contributed by atoms with E-state index in [-0.39, 0.29) is 18.0 Å². The fourth-order valence-electron chi connectivity index (χ4n) is 3.80. The molecule has 3 heterocycles. The first-order chi connectivity index (χ1) is 12.2. The molecule has 0 spiro atoms. The number of pyridine rings is 1. The van der Waals surface area contributed by atoms with Crippen LogP contribution < -0.4 is 0 Å². The van der Waals surface area contributed by atoms with E-state index in [0.29, 0.717) is 32.2 Å². The standard InChI is InChI=1S/C19H19N3O3/c23-18(21-7-8-22-13(10-21)11-25-19(22)24)15-9-17(12-5-6-12)20-16-4-2-1-3-14(15)16/h1-4,9,12-13H,5-8,10-11H2. The Bertz CT molecular complexity index is 877. The van der Waals surface area contributed by atoms with E-state index in [1.807, 2.05) is 35.2 Å². The van der Waals surface area contributed by atoms with Gasteiger partial charge in [-0.15, -0.1) is 0 Å². The summed E-state index contributed by atoms with van der Waals surface area (Å²) in [5.41, 5.74) is 2.64. The van der Waals surface area contributed by atoms with Crippen LogP contribution >= 0.6 is 0 Å². The number of piperazine rings is 1. The summed E-state index contributed by atoms with van der Waals surface area (Å²) in [4.78, 5) is 33.2. The van der Waals surface area contributed by atoms with E-state index >= 15 is 0 Å². The molecule has 6 heteroatoms. The zero-order valence-corrected chi connectivity index (χ0v) is 13.9. The largest absolute Gasteiger partial charge is 0.447 e. The van der Waals surface area contributed by atoms with Crippen LogP contribution in [0.1, 0.15) is 34.8 Å². The Morgan fingerprint density at radius 3 is 2.88 bits per heavy atom. The highest BCUT2D eigenvalue weighted by molar-refractivity contribution is 6.06. The average molecular weight is 337 g/mol. The van der Waals surface area contributed by atoms with Gasteiger partial charge >= 0.3 is 6.09 Å². The maximum Gasteiger partial charge on any atom is 0.410 e. The zero-order chi connectivity index (χ0) is 17.0. The van der Waals surface area contributed by atoms with Crippen molar-refractivity contribution in [3.8, 4) is 0 Å². The van der Waals surface area contributed by atoms with Gasteiger partial charge < -0.3 is 9.64 Å². The molecule has 1 aliphatic carbocycles. The van der Waals surface area contributed by atoms with E-state index in [4.69, 9.17) is 9.72 Å². The molecule has 0 bridgehead atoms. The number of benzene rings is 1. The first-order valence-corrected chi connectivity index (χ1v) is 8.83. The second-order valence-electron chi connectivity index (χ2n) is 7.06. The van der Waals surface area contributed by atoms with Crippen molar-refractivity contribution in [3.63, 3.8) is 0 Å². The lowest BCUT2D eigenvalue weighted by Gasteiger charge is -2.35. The van der Waals surface area contributed by atoms with Crippen molar-refractivity contribution in [1.82, 2.24) is 14.8 Å². The van der Waals surface area contributed by atoms with Gasteiger partial charge in [0, 0.05) is 36.6 Å². The molecule has 1 unspecified atom stereocenters. The molecule has 25 heavy (non-hydrogen) atoms. The van der Waals surface area contributed by atoms with Gasteiger partial charge in [-0.2, -0.15) is 0 Å². The molecule has 0 radical (unpaired) electrons. The Balaban J connectivity index is 1.50. The van der Waals surface area contributed by atoms with E-state index in [9.17, 15) is 9.59 Å². The van der Waals surface area contributed by atoms with Crippen molar-refractivity contribution in [1.29, 1.82) is 0 Å². The quantitative estimate of drug-likeness (QED) is 0.844. The Morgan fingerprint density at radius 2 is 2.04 bits per heavy atom. The lowest BCUT2D eigenvalue weighted by atomic mass is 10.0. The lowest BCUT2D eigenvalue weighted by Crippen LogP contribution is -2.53. The number of para-hydroxylation sites is 1. The first kappa shape index (κ1) is 14.7. The number of fused-ring (bicyclic) bond motifs is 2. The van der Waals surface area contributed by atoms with E-state index < -0.39 is 0 Å². The van der Waals surface area contributed by atoms with E-state index in [2.05, 4.69) is 0 Å². The van der Waals surface area contributed by atoms with E-state index in [0.717, 1.165) is 35.0 Å². The third kappa shape index (κ3) is 2.44. The molecule has 1 aromatic heterocycles.